The van der Waals surface area contributed by atoms with Gasteiger partial charge in [0.2, 0.25) is 0 Å². The highest BCUT2D eigenvalue weighted by atomic mass is 32.1. The number of ether oxygens (including phenoxy) is 1. The van der Waals surface area contributed by atoms with Crippen LogP contribution in [0.4, 0.5) is 0 Å². The number of piperidine rings is 1. The van der Waals surface area contributed by atoms with Gasteiger partial charge in [-0.15, -0.1) is 11.3 Å². The SMILES string of the molecule is Cc1c(C(=O)OCC(=O)N2[C@@H](C)CCC[C@@H]2C)sc2ccccc12. The number of hydrogen-bond donors (Lipinski definition) is 0. The largest absolute Gasteiger partial charge is 0.451 e. The van der Waals surface area contributed by atoms with Crippen LogP contribution in [0.1, 0.15) is 48.3 Å². The van der Waals surface area contributed by atoms with Crippen LogP contribution < -0.4 is 0 Å². The number of amides is 1. The summed E-state index contributed by atoms with van der Waals surface area (Å²) in [4.78, 5) is 27.3. The first-order valence-corrected chi connectivity index (χ1v) is 9.27. The molecule has 1 aromatic heterocycles. The number of thiophene rings is 1. The molecule has 24 heavy (non-hydrogen) atoms. The average Bonchev–Trinajstić information content (AvgIpc) is 2.90. The van der Waals surface area contributed by atoms with Crippen LogP contribution in [0, 0.1) is 6.92 Å². The molecule has 4 nitrogen and oxygen atoms in total. The zero-order valence-corrected chi connectivity index (χ0v) is 15.2. The number of likely N-dealkylation sites (tertiary alicyclic amines) is 1. The molecular weight excluding hydrogens is 322 g/mol. The van der Waals surface area contributed by atoms with Crippen LogP contribution in [-0.4, -0.2) is 35.5 Å². The molecule has 2 heterocycles. The van der Waals surface area contributed by atoms with Crippen LogP contribution in [0.5, 0.6) is 0 Å². The van der Waals surface area contributed by atoms with Crippen molar-refractivity contribution < 1.29 is 14.3 Å². The van der Waals surface area contributed by atoms with Gasteiger partial charge in [0.05, 0.1) is 0 Å². The van der Waals surface area contributed by atoms with E-state index in [2.05, 4.69) is 13.8 Å². The predicted molar refractivity (Wildman–Crippen MR) is 96.5 cm³/mol. The van der Waals surface area contributed by atoms with Crippen LogP contribution in [0.25, 0.3) is 10.1 Å². The summed E-state index contributed by atoms with van der Waals surface area (Å²) in [6, 6.07) is 8.33. The van der Waals surface area contributed by atoms with Crippen molar-refractivity contribution in [3.05, 3.63) is 34.7 Å². The van der Waals surface area contributed by atoms with Gasteiger partial charge >= 0.3 is 5.97 Å². The van der Waals surface area contributed by atoms with Crippen LogP contribution >= 0.6 is 11.3 Å². The van der Waals surface area contributed by atoms with Gasteiger partial charge in [0.1, 0.15) is 4.88 Å². The fraction of sp³-hybridized carbons (Fsp3) is 0.474. The molecular formula is C19H23NO3S. The lowest BCUT2D eigenvalue weighted by atomic mass is 9.97. The fourth-order valence-electron chi connectivity index (χ4n) is 3.55. The Kier molecular flexibility index (Phi) is 4.90. The number of esters is 1. The molecule has 1 amide bonds. The molecule has 1 aromatic carbocycles. The highest BCUT2D eigenvalue weighted by Crippen LogP contribution is 2.31. The van der Waals surface area contributed by atoms with E-state index in [1.54, 1.807) is 0 Å². The molecule has 2 atom stereocenters. The van der Waals surface area contributed by atoms with Crippen LogP contribution in [0.2, 0.25) is 0 Å². The van der Waals surface area contributed by atoms with E-state index in [9.17, 15) is 9.59 Å². The predicted octanol–water partition coefficient (Wildman–Crippen LogP) is 4.16. The third kappa shape index (κ3) is 3.18. The Hall–Kier alpha value is -1.88. The number of benzene rings is 1. The summed E-state index contributed by atoms with van der Waals surface area (Å²) in [6.45, 7) is 5.87. The Balaban J connectivity index is 1.68. The highest BCUT2D eigenvalue weighted by Gasteiger charge is 2.29. The van der Waals surface area contributed by atoms with E-state index in [1.165, 1.54) is 11.3 Å². The quantitative estimate of drug-likeness (QED) is 0.785. The third-order valence-electron chi connectivity index (χ3n) is 4.84. The second-order valence-electron chi connectivity index (χ2n) is 6.56. The third-order valence-corrected chi connectivity index (χ3v) is 6.09. The maximum absolute atomic E-state index is 12.5. The zero-order chi connectivity index (χ0) is 17.3. The van der Waals surface area contributed by atoms with E-state index in [-0.39, 0.29) is 24.6 Å². The van der Waals surface area contributed by atoms with E-state index in [1.807, 2.05) is 36.1 Å². The van der Waals surface area contributed by atoms with Gasteiger partial charge < -0.3 is 9.64 Å². The fourth-order valence-corrected chi connectivity index (χ4v) is 4.65. The maximum atomic E-state index is 12.5. The molecule has 5 heteroatoms. The van der Waals surface area contributed by atoms with E-state index in [0.717, 1.165) is 34.9 Å². The Labute approximate surface area is 146 Å². The van der Waals surface area contributed by atoms with Gasteiger partial charge in [0, 0.05) is 16.8 Å². The summed E-state index contributed by atoms with van der Waals surface area (Å²) < 4.78 is 6.39. The summed E-state index contributed by atoms with van der Waals surface area (Å²) >= 11 is 1.42. The van der Waals surface area contributed by atoms with Crippen molar-refractivity contribution in [2.45, 2.75) is 52.1 Å². The topological polar surface area (TPSA) is 46.6 Å². The number of nitrogens with zero attached hydrogens (tertiary/aromatic N) is 1. The minimum atomic E-state index is -0.403. The maximum Gasteiger partial charge on any atom is 0.349 e. The summed E-state index contributed by atoms with van der Waals surface area (Å²) in [6.07, 6.45) is 3.17. The Bertz CT molecular complexity index is 757. The molecule has 3 rings (SSSR count). The van der Waals surface area contributed by atoms with Crippen molar-refractivity contribution in [1.29, 1.82) is 0 Å². The van der Waals surface area contributed by atoms with E-state index in [0.29, 0.717) is 4.88 Å². The molecule has 0 saturated carbocycles. The molecule has 0 spiro atoms. The van der Waals surface area contributed by atoms with Gasteiger partial charge in [0.25, 0.3) is 5.91 Å². The van der Waals surface area contributed by atoms with Gasteiger partial charge in [-0.3, -0.25) is 4.79 Å². The van der Waals surface area contributed by atoms with Gasteiger partial charge in [-0.2, -0.15) is 0 Å². The van der Waals surface area contributed by atoms with Crippen LogP contribution in [0.15, 0.2) is 24.3 Å². The van der Waals surface area contributed by atoms with Crippen molar-refractivity contribution in [1.82, 2.24) is 4.90 Å². The molecule has 1 aliphatic rings. The standard InChI is InChI=1S/C19H23NO3S/c1-12-7-6-8-13(2)20(12)17(21)11-23-19(22)18-14(3)15-9-4-5-10-16(15)24-18/h4-5,9-10,12-13H,6-8,11H2,1-3H3/t12-,13-/m0/s1. The molecule has 1 aliphatic heterocycles. The van der Waals surface area contributed by atoms with E-state index >= 15 is 0 Å². The molecule has 0 aliphatic carbocycles. The molecule has 128 valence electrons. The second-order valence-corrected chi connectivity index (χ2v) is 7.61. The second kappa shape index (κ2) is 6.93. The summed E-state index contributed by atoms with van der Waals surface area (Å²) in [5.74, 6) is -0.499. The van der Waals surface area contributed by atoms with Gasteiger partial charge in [-0.05, 0) is 57.0 Å². The lowest BCUT2D eigenvalue weighted by Gasteiger charge is -2.38. The number of aryl methyl sites for hydroxylation is 1. The zero-order valence-electron chi connectivity index (χ0n) is 14.4. The first-order valence-electron chi connectivity index (χ1n) is 8.45. The molecule has 0 N–H and O–H groups in total. The molecule has 1 fully saturated rings. The molecule has 2 aromatic rings. The van der Waals surface area contributed by atoms with Gasteiger partial charge in [-0.25, -0.2) is 4.79 Å². The number of carbonyl (C=O) groups excluding carboxylic acids is 2. The number of carbonyl (C=O) groups is 2. The van der Waals surface area contributed by atoms with Crippen molar-refractivity contribution in [2.24, 2.45) is 0 Å². The van der Waals surface area contributed by atoms with Crippen molar-refractivity contribution >= 4 is 33.3 Å². The van der Waals surface area contributed by atoms with Gasteiger partial charge in [0.15, 0.2) is 6.61 Å². The normalized spacial score (nSPS) is 21.0. The number of hydrogen-bond acceptors (Lipinski definition) is 4. The minimum Gasteiger partial charge on any atom is -0.451 e. The summed E-state index contributed by atoms with van der Waals surface area (Å²) in [5.41, 5.74) is 0.924. The van der Waals surface area contributed by atoms with Crippen molar-refractivity contribution in [3.8, 4) is 0 Å². The molecule has 0 bridgehead atoms. The van der Waals surface area contributed by atoms with E-state index < -0.39 is 5.97 Å². The summed E-state index contributed by atoms with van der Waals surface area (Å²) in [5, 5.41) is 1.07. The molecule has 0 unspecified atom stereocenters. The Morgan fingerprint density at radius 1 is 1.21 bits per heavy atom. The molecule has 1 saturated heterocycles. The lowest BCUT2D eigenvalue weighted by molar-refractivity contribution is -0.140. The smallest absolute Gasteiger partial charge is 0.349 e. The number of fused-ring (bicyclic) bond motifs is 1. The first-order chi connectivity index (χ1) is 11.5. The lowest BCUT2D eigenvalue weighted by Crippen LogP contribution is -2.49. The average molecular weight is 345 g/mol. The van der Waals surface area contributed by atoms with Crippen LogP contribution in [0.3, 0.4) is 0 Å². The van der Waals surface area contributed by atoms with Crippen molar-refractivity contribution in [2.75, 3.05) is 6.61 Å². The van der Waals surface area contributed by atoms with E-state index in [4.69, 9.17) is 4.74 Å². The van der Waals surface area contributed by atoms with Gasteiger partial charge in [-0.1, -0.05) is 18.2 Å². The summed E-state index contributed by atoms with van der Waals surface area (Å²) in [7, 11) is 0. The highest BCUT2D eigenvalue weighted by molar-refractivity contribution is 7.21. The molecule has 0 radical (unpaired) electrons. The minimum absolute atomic E-state index is 0.0955. The Morgan fingerprint density at radius 3 is 2.54 bits per heavy atom. The number of rotatable bonds is 3. The monoisotopic (exact) mass is 345 g/mol. The van der Waals surface area contributed by atoms with Crippen molar-refractivity contribution in [3.63, 3.8) is 0 Å². The Morgan fingerprint density at radius 2 is 1.88 bits per heavy atom. The van der Waals surface area contributed by atoms with Crippen LogP contribution in [-0.2, 0) is 9.53 Å². The first kappa shape index (κ1) is 17.0.